The second-order valence-corrected chi connectivity index (χ2v) is 6.52. The summed E-state index contributed by atoms with van der Waals surface area (Å²) >= 11 is 0. The lowest BCUT2D eigenvalue weighted by Crippen LogP contribution is -2.21. The zero-order valence-electron chi connectivity index (χ0n) is 14.3. The van der Waals surface area contributed by atoms with Crippen molar-refractivity contribution in [3.05, 3.63) is 103 Å². The molecule has 5 aromatic rings. The van der Waals surface area contributed by atoms with E-state index in [-0.39, 0.29) is 0 Å². The third-order valence-corrected chi connectivity index (χ3v) is 4.89. The molecule has 0 aliphatic rings. The number of para-hydroxylation sites is 1. The average Bonchev–Trinajstić information content (AvgIpc) is 3.03. The summed E-state index contributed by atoms with van der Waals surface area (Å²) in [6.45, 7) is 0. The van der Waals surface area contributed by atoms with E-state index in [0.717, 1.165) is 0 Å². The van der Waals surface area contributed by atoms with E-state index >= 15 is 0 Å². The maximum Gasteiger partial charge on any atom is 0.290 e. The normalized spacial score (nSPS) is 11.1. The first-order chi connectivity index (χ1) is 12.9. The molecule has 0 N–H and O–H groups in total. The van der Waals surface area contributed by atoms with Crippen molar-refractivity contribution in [2.24, 2.45) is 0 Å². The predicted octanol–water partition coefficient (Wildman–Crippen LogP) is 5.25. The fourth-order valence-corrected chi connectivity index (χ4v) is 3.64. The van der Waals surface area contributed by atoms with Crippen LogP contribution in [-0.2, 0) is 0 Å². The minimum absolute atomic E-state index is 1.20. The molecule has 0 aliphatic heterocycles. The third kappa shape index (κ3) is 2.51. The van der Waals surface area contributed by atoms with E-state index in [2.05, 4.69) is 115 Å². The zero-order valence-corrected chi connectivity index (χ0v) is 14.3. The number of rotatable bonds is 3. The molecule has 1 aromatic heterocycles. The summed E-state index contributed by atoms with van der Waals surface area (Å²) in [4.78, 5) is 0. The first-order valence-corrected chi connectivity index (χ1v) is 8.88. The van der Waals surface area contributed by atoms with Crippen LogP contribution >= 0.6 is 0 Å². The van der Waals surface area contributed by atoms with E-state index in [4.69, 9.17) is 0 Å². The van der Waals surface area contributed by atoms with Gasteiger partial charge in [-0.25, -0.2) is 0 Å². The molecular formula is C24H17BN. The van der Waals surface area contributed by atoms with Gasteiger partial charge >= 0.3 is 0 Å². The Morgan fingerprint density at radius 1 is 0.500 bits per heavy atom. The van der Waals surface area contributed by atoms with Crippen LogP contribution in [0.3, 0.4) is 0 Å². The van der Waals surface area contributed by atoms with Gasteiger partial charge in [0.15, 0.2) is 0 Å². The summed E-state index contributed by atoms with van der Waals surface area (Å²) in [5.41, 5.74) is 6.16. The molecule has 0 aliphatic carbocycles. The Labute approximate surface area is 153 Å². The van der Waals surface area contributed by atoms with E-state index < -0.39 is 0 Å². The van der Waals surface area contributed by atoms with Gasteiger partial charge in [0.05, 0.1) is 0 Å². The van der Waals surface area contributed by atoms with Gasteiger partial charge in [0.2, 0.25) is 0 Å². The summed E-state index contributed by atoms with van der Waals surface area (Å²) in [5.74, 6) is 0. The van der Waals surface area contributed by atoms with Crippen molar-refractivity contribution >= 4 is 34.7 Å². The molecular weight excluding hydrogens is 313 g/mol. The molecule has 0 saturated carbocycles. The van der Waals surface area contributed by atoms with Crippen LogP contribution in [0.4, 0.5) is 0 Å². The lowest BCUT2D eigenvalue weighted by molar-refractivity contribution is 1.37. The Bertz CT molecular complexity index is 1190. The van der Waals surface area contributed by atoms with Crippen LogP contribution in [0.25, 0.3) is 32.9 Å². The Morgan fingerprint density at radius 3 is 1.96 bits per heavy atom. The quantitative estimate of drug-likeness (QED) is 0.398. The molecule has 0 unspecified atom stereocenters. The minimum atomic E-state index is 1.20. The van der Waals surface area contributed by atoms with Crippen LogP contribution < -0.4 is 5.46 Å². The maximum atomic E-state index is 2.31. The lowest BCUT2D eigenvalue weighted by Gasteiger charge is -2.07. The minimum Gasteiger partial charge on any atom is -0.385 e. The fraction of sp³-hybridized carbons (Fsp3) is 0. The summed E-state index contributed by atoms with van der Waals surface area (Å²) in [7, 11) is 2.22. The first kappa shape index (κ1) is 15.0. The molecule has 4 aromatic carbocycles. The smallest absolute Gasteiger partial charge is 0.290 e. The fourth-order valence-electron chi connectivity index (χ4n) is 3.64. The molecule has 26 heavy (non-hydrogen) atoms. The molecule has 1 nitrogen and oxygen atoms in total. The van der Waals surface area contributed by atoms with Crippen molar-refractivity contribution in [3.8, 4) is 11.1 Å². The SMILES string of the molecule is [B](c1ccccc1)n1c2ccccc2c2cc(-c3ccccc3)ccc21. The number of aromatic nitrogens is 1. The summed E-state index contributed by atoms with van der Waals surface area (Å²) in [6.07, 6.45) is 0. The lowest BCUT2D eigenvalue weighted by atomic mass is 9.82. The molecule has 0 saturated heterocycles. The van der Waals surface area contributed by atoms with Crippen LogP contribution in [0.1, 0.15) is 0 Å². The number of hydrogen-bond acceptors (Lipinski definition) is 0. The number of fused-ring (bicyclic) bond motifs is 3. The monoisotopic (exact) mass is 330 g/mol. The molecule has 0 spiro atoms. The molecule has 1 heterocycles. The van der Waals surface area contributed by atoms with Crippen molar-refractivity contribution in [2.45, 2.75) is 0 Å². The molecule has 1 radical (unpaired) electrons. The van der Waals surface area contributed by atoms with Gasteiger partial charge in [0.1, 0.15) is 0 Å². The maximum absolute atomic E-state index is 2.31. The first-order valence-electron chi connectivity index (χ1n) is 8.88. The molecule has 121 valence electrons. The van der Waals surface area contributed by atoms with Crippen molar-refractivity contribution < 1.29 is 0 Å². The van der Waals surface area contributed by atoms with E-state index in [1.807, 2.05) is 0 Å². The van der Waals surface area contributed by atoms with Crippen molar-refractivity contribution in [2.75, 3.05) is 0 Å². The van der Waals surface area contributed by atoms with Gasteiger partial charge in [-0.2, -0.15) is 0 Å². The summed E-state index contributed by atoms with van der Waals surface area (Å²) in [5, 5.41) is 2.57. The van der Waals surface area contributed by atoms with Crippen LogP contribution in [0, 0.1) is 0 Å². The van der Waals surface area contributed by atoms with Crippen molar-refractivity contribution in [3.63, 3.8) is 0 Å². The highest BCUT2D eigenvalue weighted by Crippen LogP contribution is 2.32. The Kier molecular flexibility index (Phi) is 3.60. The molecule has 5 rings (SSSR count). The summed E-state index contributed by atoms with van der Waals surface area (Å²) in [6, 6.07) is 36.4. The van der Waals surface area contributed by atoms with Gasteiger partial charge in [0, 0.05) is 21.8 Å². The molecule has 0 bridgehead atoms. The van der Waals surface area contributed by atoms with Crippen LogP contribution in [0.5, 0.6) is 0 Å². The zero-order chi connectivity index (χ0) is 17.3. The Balaban J connectivity index is 1.74. The van der Waals surface area contributed by atoms with Crippen LogP contribution in [0.2, 0.25) is 0 Å². The largest absolute Gasteiger partial charge is 0.385 e. The van der Waals surface area contributed by atoms with Crippen LogP contribution in [0.15, 0.2) is 103 Å². The second-order valence-electron chi connectivity index (χ2n) is 6.52. The number of benzene rings is 4. The van der Waals surface area contributed by atoms with E-state index in [0.29, 0.717) is 0 Å². The number of hydrogen-bond donors (Lipinski definition) is 0. The molecule has 0 amide bonds. The van der Waals surface area contributed by atoms with Gasteiger partial charge in [-0.15, -0.1) is 0 Å². The highest BCUT2D eigenvalue weighted by atomic mass is 14.9. The third-order valence-electron chi connectivity index (χ3n) is 4.89. The van der Waals surface area contributed by atoms with Crippen molar-refractivity contribution in [1.29, 1.82) is 0 Å². The highest BCUT2D eigenvalue weighted by molar-refractivity contribution is 6.54. The Hall–Kier alpha value is -3.26. The summed E-state index contributed by atoms with van der Waals surface area (Å²) < 4.78 is 2.30. The van der Waals surface area contributed by atoms with Crippen LogP contribution in [-0.4, -0.2) is 11.9 Å². The predicted molar refractivity (Wildman–Crippen MR) is 112 cm³/mol. The Morgan fingerprint density at radius 2 is 1.15 bits per heavy atom. The van der Waals surface area contributed by atoms with Gasteiger partial charge in [0.25, 0.3) is 7.41 Å². The molecule has 0 fully saturated rings. The van der Waals surface area contributed by atoms with E-state index in [1.54, 1.807) is 0 Å². The highest BCUT2D eigenvalue weighted by Gasteiger charge is 2.12. The standard InChI is InChI=1S/C24H17BN/c1-3-9-18(10-4-1)19-15-16-24-22(17-19)21-13-7-8-14-23(21)26(24)25-20-11-5-2-6-12-20/h1-17H. The van der Waals surface area contributed by atoms with E-state index in [1.165, 1.54) is 38.4 Å². The van der Waals surface area contributed by atoms with Gasteiger partial charge in [-0.3, -0.25) is 0 Å². The van der Waals surface area contributed by atoms with Crippen molar-refractivity contribution in [1.82, 2.24) is 4.48 Å². The second kappa shape index (κ2) is 6.23. The molecule has 0 atom stereocenters. The topological polar surface area (TPSA) is 4.93 Å². The molecule has 2 heteroatoms. The van der Waals surface area contributed by atoms with Gasteiger partial charge < -0.3 is 4.48 Å². The van der Waals surface area contributed by atoms with Gasteiger partial charge in [-0.1, -0.05) is 90.4 Å². The van der Waals surface area contributed by atoms with E-state index in [9.17, 15) is 0 Å². The average molecular weight is 330 g/mol. The number of nitrogens with zero attached hydrogens (tertiary/aromatic N) is 1. The van der Waals surface area contributed by atoms with Gasteiger partial charge in [-0.05, 0) is 29.3 Å².